The van der Waals surface area contributed by atoms with E-state index >= 15 is 0 Å². The maximum Gasteiger partial charge on any atom is 0.127 e. The van der Waals surface area contributed by atoms with Crippen LogP contribution in [0, 0.1) is 5.92 Å². The monoisotopic (exact) mass is 311 g/mol. The van der Waals surface area contributed by atoms with Crippen LogP contribution in [0.3, 0.4) is 0 Å². The molecule has 2 nitrogen and oxygen atoms in total. The third-order valence-electron chi connectivity index (χ3n) is 3.42. The first kappa shape index (κ1) is 13.9. The molecule has 1 heterocycles. The topological polar surface area (TPSA) is 21.3 Å². The minimum absolute atomic E-state index is 0.746. The highest BCUT2D eigenvalue weighted by molar-refractivity contribution is 9.10. The molecule has 100 valence electrons. The van der Waals surface area contributed by atoms with Crippen molar-refractivity contribution in [2.24, 2.45) is 5.92 Å². The lowest BCUT2D eigenvalue weighted by molar-refractivity contribution is 0.351. The van der Waals surface area contributed by atoms with E-state index in [1.165, 1.54) is 24.0 Å². The first-order chi connectivity index (χ1) is 8.70. The van der Waals surface area contributed by atoms with Crippen molar-refractivity contribution in [3.63, 3.8) is 0 Å². The minimum atomic E-state index is 0.746. The van der Waals surface area contributed by atoms with E-state index in [1.54, 1.807) is 0 Å². The van der Waals surface area contributed by atoms with Crippen LogP contribution in [0.1, 0.15) is 37.8 Å². The van der Waals surface area contributed by atoms with E-state index in [-0.39, 0.29) is 0 Å². The predicted octanol–water partition coefficient (Wildman–Crippen LogP) is 3.91. The van der Waals surface area contributed by atoms with E-state index in [0.29, 0.717) is 0 Å². The van der Waals surface area contributed by atoms with Gasteiger partial charge in [-0.1, -0.05) is 36.2 Å². The molecule has 0 saturated heterocycles. The quantitative estimate of drug-likeness (QED) is 0.860. The number of rotatable bonds is 6. The molecular weight excluding hydrogens is 290 g/mol. The zero-order valence-electron chi connectivity index (χ0n) is 11.3. The Bertz CT molecular complexity index is 406. The summed E-state index contributed by atoms with van der Waals surface area (Å²) in [5.41, 5.74) is 2.61. The molecular formula is C15H22BrNO. The fourth-order valence-electron chi connectivity index (χ4n) is 2.53. The molecule has 0 amide bonds. The number of nitrogens with one attached hydrogen (secondary N) is 1. The number of halogens is 1. The van der Waals surface area contributed by atoms with Gasteiger partial charge in [-0.15, -0.1) is 0 Å². The normalized spacial score (nSPS) is 15.3. The molecule has 1 aromatic rings. The SMILES string of the molecule is CCCC(C)CNCc1cc(Br)cc2c1OCC2. The van der Waals surface area contributed by atoms with Crippen molar-refractivity contribution >= 4 is 15.9 Å². The van der Waals surface area contributed by atoms with E-state index in [2.05, 4.69) is 47.2 Å². The van der Waals surface area contributed by atoms with Crippen molar-refractivity contribution in [2.45, 2.75) is 39.7 Å². The van der Waals surface area contributed by atoms with Gasteiger partial charge in [-0.2, -0.15) is 0 Å². The molecule has 2 rings (SSSR count). The summed E-state index contributed by atoms with van der Waals surface area (Å²) in [6.07, 6.45) is 3.59. The second kappa shape index (κ2) is 6.58. The Balaban J connectivity index is 1.93. The van der Waals surface area contributed by atoms with Gasteiger partial charge in [0, 0.05) is 23.0 Å². The van der Waals surface area contributed by atoms with Gasteiger partial charge in [-0.25, -0.2) is 0 Å². The van der Waals surface area contributed by atoms with Gasteiger partial charge in [-0.3, -0.25) is 0 Å². The zero-order valence-corrected chi connectivity index (χ0v) is 12.8. The number of hydrogen-bond acceptors (Lipinski definition) is 2. The fraction of sp³-hybridized carbons (Fsp3) is 0.600. The zero-order chi connectivity index (χ0) is 13.0. The molecule has 1 atom stereocenters. The van der Waals surface area contributed by atoms with Gasteiger partial charge >= 0.3 is 0 Å². The average Bonchev–Trinajstić information content (AvgIpc) is 2.77. The van der Waals surface area contributed by atoms with Crippen LogP contribution in [0.5, 0.6) is 5.75 Å². The second-order valence-electron chi connectivity index (χ2n) is 5.18. The summed E-state index contributed by atoms with van der Waals surface area (Å²) in [4.78, 5) is 0. The highest BCUT2D eigenvalue weighted by Gasteiger charge is 2.17. The minimum Gasteiger partial charge on any atom is -0.493 e. The standard InChI is InChI=1S/C15H22BrNO/c1-3-4-11(2)9-17-10-13-8-14(16)7-12-5-6-18-15(12)13/h7-8,11,17H,3-6,9-10H2,1-2H3. The lowest BCUT2D eigenvalue weighted by atomic mass is 10.1. The number of hydrogen-bond donors (Lipinski definition) is 1. The van der Waals surface area contributed by atoms with E-state index in [4.69, 9.17) is 4.74 Å². The Morgan fingerprint density at radius 1 is 1.44 bits per heavy atom. The smallest absolute Gasteiger partial charge is 0.127 e. The summed E-state index contributed by atoms with van der Waals surface area (Å²) in [6, 6.07) is 4.34. The van der Waals surface area contributed by atoms with Crippen LogP contribution in [-0.4, -0.2) is 13.2 Å². The van der Waals surface area contributed by atoms with Crippen molar-refractivity contribution in [3.05, 3.63) is 27.7 Å². The van der Waals surface area contributed by atoms with Crippen LogP contribution in [0.2, 0.25) is 0 Å². The Labute approximate surface area is 118 Å². The van der Waals surface area contributed by atoms with E-state index in [0.717, 1.165) is 42.3 Å². The van der Waals surface area contributed by atoms with Crippen LogP contribution >= 0.6 is 15.9 Å². The van der Waals surface area contributed by atoms with Crippen LogP contribution in [0.4, 0.5) is 0 Å². The molecule has 3 heteroatoms. The molecule has 0 bridgehead atoms. The van der Waals surface area contributed by atoms with E-state index in [9.17, 15) is 0 Å². The van der Waals surface area contributed by atoms with Crippen molar-refractivity contribution in [1.82, 2.24) is 5.32 Å². The van der Waals surface area contributed by atoms with Gasteiger partial charge in [0.25, 0.3) is 0 Å². The average molecular weight is 312 g/mol. The van der Waals surface area contributed by atoms with Gasteiger partial charge in [0.2, 0.25) is 0 Å². The summed E-state index contributed by atoms with van der Waals surface area (Å²) < 4.78 is 6.89. The molecule has 0 radical (unpaired) electrons. The molecule has 0 aromatic heterocycles. The van der Waals surface area contributed by atoms with Gasteiger partial charge in [-0.05, 0) is 36.6 Å². The van der Waals surface area contributed by atoms with Gasteiger partial charge < -0.3 is 10.1 Å². The molecule has 1 aromatic carbocycles. The molecule has 1 aliphatic rings. The number of ether oxygens (including phenoxy) is 1. The molecule has 1 unspecified atom stereocenters. The molecule has 1 aliphatic heterocycles. The first-order valence-corrected chi connectivity index (χ1v) is 7.64. The van der Waals surface area contributed by atoms with Crippen molar-refractivity contribution < 1.29 is 4.74 Å². The summed E-state index contributed by atoms with van der Waals surface area (Å²) in [5, 5.41) is 3.54. The van der Waals surface area contributed by atoms with Gasteiger partial charge in [0.15, 0.2) is 0 Å². The Kier molecular flexibility index (Phi) is 5.07. The maximum absolute atomic E-state index is 5.73. The lowest BCUT2D eigenvalue weighted by Gasteiger charge is -2.13. The van der Waals surface area contributed by atoms with Crippen LogP contribution < -0.4 is 10.1 Å². The molecule has 0 fully saturated rings. The van der Waals surface area contributed by atoms with Gasteiger partial charge in [0.05, 0.1) is 6.61 Å². The van der Waals surface area contributed by atoms with Crippen LogP contribution in [-0.2, 0) is 13.0 Å². The molecule has 0 saturated carbocycles. The lowest BCUT2D eigenvalue weighted by Crippen LogP contribution is -2.21. The van der Waals surface area contributed by atoms with Crippen molar-refractivity contribution in [2.75, 3.05) is 13.2 Å². The van der Waals surface area contributed by atoms with E-state index in [1.807, 2.05) is 0 Å². The molecule has 18 heavy (non-hydrogen) atoms. The maximum atomic E-state index is 5.73. The summed E-state index contributed by atoms with van der Waals surface area (Å²) in [7, 11) is 0. The van der Waals surface area contributed by atoms with Crippen LogP contribution in [0.25, 0.3) is 0 Å². The largest absolute Gasteiger partial charge is 0.493 e. The van der Waals surface area contributed by atoms with Crippen LogP contribution in [0.15, 0.2) is 16.6 Å². The van der Waals surface area contributed by atoms with E-state index < -0.39 is 0 Å². The number of fused-ring (bicyclic) bond motifs is 1. The highest BCUT2D eigenvalue weighted by atomic mass is 79.9. The molecule has 0 spiro atoms. The summed E-state index contributed by atoms with van der Waals surface area (Å²) >= 11 is 3.58. The van der Waals surface area contributed by atoms with Gasteiger partial charge in [0.1, 0.15) is 5.75 Å². The third kappa shape index (κ3) is 3.48. The molecule has 1 N–H and O–H groups in total. The number of benzene rings is 1. The Morgan fingerprint density at radius 2 is 2.28 bits per heavy atom. The Morgan fingerprint density at radius 3 is 3.06 bits per heavy atom. The highest BCUT2D eigenvalue weighted by Crippen LogP contribution is 2.32. The second-order valence-corrected chi connectivity index (χ2v) is 6.09. The molecule has 0 aliphatic carbocycles. The predicted molar refractivity (Wildman–Crippen MR) is 79.1 cm³/mol. The van der Waals surface area contributed by atoms with Crippen molar-refractivity contribution in [1.29, 1.82) is 0 Å². The third-order valence-corrected chi connectivity index (χ3v) is 3.87. The summed E-state index contributed by atoms with van der Waals surface area (Å²) in [5.74, 6) is 1.85. The summed E-state index contributed by atoms with van der Waals surface area (Å²) in [6.45, 7) is 7.35. The Hall–Kier alpha value is -0.540. The fourth-order valence-corrected chi connectivity index (χ4v) is 3.08. The first-order valence-electron chi connectivity index (χ1n) is 6.85. The van der Waals surface area contributed by atoms with Crippen molar-refractivity contribution in [3.8, 4) is 5.75 Å².